The fourth-order valence-corrected chi connectivity index (χ4v) is 2.05. The van der Waals surface area contributed by atoms with E-state index in [9.17, 15) is 9.18 Å². The van der Waals surface area contributed by atoms with Gasteiger partial charge in [-0.15, -0.1) is 0 Å². The topological polar surface area (TPSA) is 56.0 Å². The summed E-state index contributed by atoms with van der Waals surface area (Å²) in [5.41, 5.74) is 5.86. The molecule has 3 nitrogen and oxygen atoms in total. The molecule has 2 unspecified atom stereocenters. The summed E-state index contributed by atoms with van der Waals surface area (Å²) in [6, 6.07) is 1.52. The van der Waals surface area contributed by atoms with Crippen LogP contribution in [-0.4, -0.2) is 16.8 Å². The predicted octanol–water partition coefficient (Wildman–Crippen LogP) is 1.53. The summed E-state index contributed by atoms with van der Waals surface area (Å²) in [7, 11) is 0. The summed E-state index contributed by atoms with van der Waals surface area (Å²) in [5, 5.41) is 0. The average Bonchev–Trinajstić information content (AvgIpc) is 2.65. The summed E-state index contributed by atoms with van der Waals surface area (Å²) in [4.78, 5) is 15.5. The molecule has 0 amide bonds. The zero-order chi connectivity index (χ0) is 10.8. The van der Waals surface area contributed by atoms with Gasteiger partial charge in [0.1, 0.15) is 0 Å². The van der Waals surface area contributed by atoms with E-state index in [0.717, 1.165) is 19.0 Å². The van der Waals surface area contributed by atoms with E-state index in [4.69, 9.17) is 5.73 Å². The second kappa shape index (κ2) is 4.06. The van der Waals surface area contributed by atoms with E-state index in [1.807, 2.05) is 0 Å². The van der Waals surface area contributed by atoms with Crippen LogP contribution in [0.15, 0.2) is 18.5 Å². The maximum atomic E-state index is 13.3. The zero-order valence-electron chi connectivity index (χ0n) is 8.32. The Morgan fingerprint density at radius 3 is 2.93 bits per heavy atom. The minimum absolute atomic E-state index is 0.0869. The van der Waals surface area contributed by atoms with Gasteiger partial charge in [-0.3, -0.25) is 9.78 Å². The number of nitrogens with two attached hydrogens (primary N) is 1. The highest BCUT2D eigenvalue weighted by molar-refractivity contribution is 5.98. The Bertz CT molecular complexity index is 381. The van der Waals surface area contributed by atoms with Crippen LogP contribution < -0.4 is 5.73 Å². The molecule has 1 saturated carbocycles. The lowest BCUT2D eigenvalue weighted by molar-refractivity contribution is 0.0917. The number of ketones is 1. The number of aromatic nitrogens is 1. The van der Waals surface area contributed by atoms with Gasteiger partial charge in [0.25, 0.3) is 0 Å². The fourth-order valence-electron chi connectivity index (χ4n) is 2.05. The van der Waals surface area contributed by atoms with Crippen molar-refractivity contribution >= 4 is 5.78 Å². The van der Waals surface area contributed by atoms with Gasteiger partial charge in [0, 0.05) is 18.2 Å². The highest BCUT2D eigenvalue weighted by atomic mass is 19.1. The molecule has 1 fully saturated rings. The highest BCUT2D eigenvalue weighted by Gasteiger charge is 2.29. The Labute approximate surface area is 87.5 Å². The SMILES string of the molecule is NC1CCC(C(=O)c2ccncc2F)C1. The second-order valence-electron chi connectivity index (χ2n) is 3.99. The third-order valence-corrected chi connectivity index (χ3v) is 2.88. The first-order valence-corrected chi connectivity index (χ1v) is 5.08. The van der Waals surface area contributed by atoms with Gasteiger partial charge < -0.3 is 5.73 Å². The summed E-state index contributed by atoms with van der Waals surface area (Å²) >= 11 is 0. The van der Waals surface area contributed by atoms with Crippen molar-refractivity contribution < 1.29 is 9.18 Å². The van der Waals surface area contributed by atoms with E-state index in [-0.39, 0.29) is 23.3 Å². The van der Waals surface area contributed by atoms with E-state index in [1.54, 1.807) is 0 Å². The fraction of sp³-hybridized carbons (Fsp3) is 0.455. The van der Waals surface area contributed by atoms with Crippen LogP contribution in [0.4, 0.5) is 4.39 Å². The first kappa shape index (κ1) is 10.2. The van der Waals surface area contributed by atoms with Crippen LogP contribution >= 0.6 is 0 Å². The summed E-state index contributed by atoms with van der Waals surface area (Å²) in [6.07, 6.45) is 4.79. The lowest BCUT2D eigenvalue weighted by Gasteiger charge is -2.08. The first-order valence-electron chi connectivity index (χ1n) is 5.08. The van der Waals surface area contributed by atoms with Gasteiger partial charge in [-0.25, -0.2) is 4.39 Å². The van der Waals surface area contributed by atoms with E-state index >= 15 is 0 Å². The van der Waals surface area contributed by atoms with Gasteiger partial charge in [0.2, 0.25) is 0 Å². The van der Waals surface area contributed by atoms with Gasteiger partial charge in [-0.1, -0.05) is 0 Å². The van der Waals surface area contributed by atoms with Crippen molar-refractivity contribution in [2.75, 3.05) is 0 Å². The quantitative estimate of drug-likeness (QED) is 0.750. The molecule has 1 aromatic rings. The smallest absolute Gasteiger partial charge is 0.169 e. The highest BCUT2D eigenvalue weighted by Crippen LogP contribution is 2.27. The molecule has 0 saturated heterocycles. The molecule has 4 heteroatoms. The largest absolute Gasteiger partial charge is 0.328 e. The van der Waals surface area contributed by atoms with Crippen molar-refractivity contribution in [3.63, 3.8) is 0 Å². The van der Waals surface area contributed by atoms with Crippen molar-refractivity contribution in [2.24, 2.45) is 11.7 Å². The van der Waals surface area contributed by atoms with Crippen molar-refractivity contribution in [1.29, 1.82) is 0 Å². The number of nitrogens with zero attached hydrogens (tertiary/aromatic N) is 1. The standard InChI is InChI=1S/C11H13FN2O/c12-10-6-14-4-3-9(10)11(15)7-1-2-8(13)5-7/h3-4,6-8H,1-2,5,13H2. The van der Waals surface area contributed by atoms with Crippen LogP contribution in [0.2, 0.25) is 0 Å². The molecular weight excluding hydrogens is 195 g/mol. The van der Waals surface area contributed by atoms with Gasteiger partial charge in [0.05, 0.1) is 11.8 Å². The number of rotatable bonds is 2. The molecule has 0 bridgehead atoms. The van der Waals surface area contributed by atoms with E-state index in [2.05, 4.69) is 4.98 Å². The van der Waals surface area contributed by atoms with Crippen LogP contribution in [0.3, 0.4) is 0 Å². The van der Waals surface area contributed by atoms with Gasteiger partial charge in [0.15, 0.2) is 11.6 Å². The number of Topliss-reactive ketones (excluding diaryl/α,β-unsaturated/α-hetero) is 1. The number of carbonyl (C=O) groups is 1. The predicted molar refractivity (Wildman–Crippen MR) is 53.8 cm³/mol. The molecule has 0 aromatic carbocycles. The molecule has 15 heavy (non-hydrogen) atoms. The minimum Gasteiger partial charge on any atom is -0.328 e. The second-order valence-corrected chi connectivity index (χ2v) is 3.99. The van der Waals surface area contributed by atoms with Crippen molar-refractivity contribution in [1.82, 2.24) is 4.98 Å². The molecule has 0 aliphatic heterocycles. The molecule has 0 spiro atoms. The molecule has 80 valence electrons. The lowest BCUT2D eigenvalue weighted by Crippen LogP contribution is -2.18. The Hall–Kier alpha value is -1.29. The van der Waals surface area contributed by atoms with Gasteiger partial charge in [-0.2, -0.15) is 0 Å². The van der Waals surface area contributed by atoms with Crippen LogP contribution in [0.1, 0.15) is 29.6 Å². The summed E-state index contributed by atoms with van der Waals surface area (Å²) in [6.45, 7) is 0. The molecule has 2 rings (SSSR count). The number of pyridine rings is 1. The number of hydrogen-bond donors (Lipinski definition) is 1. The molecule has 2 atom stereocenters. The average molecular weight is 208 g/mol. The maximum absolute atomic E-state index is 13.3. The molecule has 2 N–H and O–H groups in total. The number of carbonyl (C=O) groups excluding carboxylic acids is 1. The summed E-state index contributed by atoms with van der Waals surface area (Å²) < 4.78 is 13.3. The van der Waals surface area contributed by atoms with Crippen LogP contribution in [0.5, 0.6) is 0 Å². The monoisotopic (exact) mass is 208 g/mol. The Balaban J connectivity index is 2.18. The van der Waals surface area contributed by atoms with E-state index in [0.29, 0.717) is 6.42 Å². The number of halogens is 1. The van der Waals surface area contributed by atoms with Crippen molar-refractivity contribution in [3.05, 3.63) is 29.8 Å². The Morgan fingerprint density at radius 1 is 1.53 bits per heavy atom. The molecule has 1 aliphatic rings. The Morgan fingerprint density at radius 2 is 2.33 bits per heavy atom. The molecule has 0 radical (unpaired) electrons. The van der Waals surface area contributed by atoms with Crippen LogP contribution in [-0.2, 0) is 0 Å². The van der Waals surface area contributed by atoms with Crippen LogP contribution in [0.25, 0.3) is 0 Å². The molecule has 1 heterocycles. The van der Waals surface area contributed by atoms with Gasteiger partial charge in [-0.05, 0) is 25.3 Å². The maximum Gasteiger partial charge on any atom is 0.169 e. The molecular formula is C11H13FN2O. The van der Waals surface area contributed by atoms with Gasteiger partial charge >= 0.3 is 0 Å². The Kier molecular flexibility index (Phi) is 2.77. The summed E-state index contributed by atoms with van der Waals surface area (Å²) in [5.74, 6) is -0.789. The van der Waals surface area contributed by atoms with Crippen molar-refractivity contribution in [2.45, 2.75) is 25.3 Å². The lowest BCUT2D eigenvalue weighted by atomic mass is 9.96. The zero-order valence-corrected chi connectivity index (χ0v) is 8.32. The van der Waals surface area contributed by atoms with E-state index in [1.165, 1.54) is 12.3 Å². The minimum atomic E-state index is -0.539. The normalized spacial score (nSPS) is 25.5. The van der Waals surface area contributed by atoms with Crippen molar-refractivity contribution in [3.8, 4) is 0 Å². The first-order chi connectivity index (χ1) is 7.18. The molecule has 1 aromatic heterocycles. The van der Waals surface area contributed by atoms with Crippen LogP contribution in [0, 0.1) is 11.7 Å². The van der Waals surface area contributed by atoms with E-state index < -0.39 is 5.82 Å². The number of hydrogen-bond acceptors (Lipinski definition) is 3. The third-order valence-electron chi connectivity index (χ3n) is 2.88. The molecule has 1 aliphatic carbocycles. The third kappa shape index (κ3) is 2.04.